The lowest BCUT2D eigenvalue weighted by Crippen LogP contribution is -2.30. The minimum absolute atomic E-state index is 0.637. The van der Waals surface area contributed by atoms with Gasteiger partial charge in [0, 0.05) is 5.69 Å². The van der Waals surface area contributed by atoms with E-state index >= 15 is 0 Å². The molecular formula is C11H15BN2. The second kappa shape index (κ2) is 4.05. The van der Waals surface area contributed by atoms with Crippen molar-refractivity contribution in [1.82, 2.24) is 4.81 Å². The molecule has 1 aromatic rings. The Kier molecular flexibility index (Phi) is 2.78. The molecule has 1 fully saturated rings. The molecular weight excluding hydrogens is 171 g/mol. The van der Waals surface area contributed by atoms with Crippen molar-refractivity contribution < 1.29 is 0 Å². The molecule has 0 unspecified atom stereocenters. The first kappa shape index (κ1) is 9.59. The van der Waals surface area contributed by atoms with Crippen molar-refractivity contribution in [3.8, 4) is 0 Å². The molecule has 0 spiro atoms. The van der Waals surface area contributed by atoms with Crippen molar-refractivity contribution in [3.05, 3.63) is 29.8 Å². The molecule has 0 atom stereocenters. The Morgan fingerprint density at radius 3 is 2.64 bits per heavy atom. The minimum atomic E-state index is 0.637. The van der Waals surface area contributed by atoms with Gasteiger partial charge < -0.3 is 10.5 Å². The highest BCUT2D eigenvalue weighted by molar-refractivity contribution is 6.04. The second-order valence-electron chi connectivity index (χ2n) is 3.98. The summed E-state index contributed by atoms with van der Waals surface area (Å²) in [7, 11) is 5.71. The minimum Gasteiger partial charge on any atom is -0.399 e. The highest BCUT2D eigenvalue weighted by atomic mass is 15.0. The summed E-state index contributed by atoms with van der Waals surface area (Å²) in [5.74, 6) is 0.637. The Morgan fingerprint density at radius 1 is 1.29 bits per heavy atom. The number of piperidine rings is 1. The lowest BCUT2D eigenvalue weighted by atomic mass is 9.88. The third-order valence-electron chi connectivity index (χ3n) is 2.91. The van der Waals surface area contributed by atoms with E-state index in [9.17, 15) is 0 Å². The number of hydrogen-bond acceptors (Lipinski definition) is 2. The van der Waals surface area contributed by atoms with E-state index < -0.39 is 0 Å². The fourth-order valence-electron chi connectivity index (χ4n) is 2.05. The quantitative estimate of drug-likeness (QED) is 0.532. The molecule has 2 nitrogen and oxygen atoms in total. The van der Waals surface area contributed by atoms with Crippen LogP contribution < -0.4 is 5.73 Å². The summed E-state index contributed by atoms with van der Waals surface area (Å²) < 4.78 is 0. The Hall–Kier alpha value is -0.955. The van der Waals surface area contributed by atoms with Crippen molar-refractivity contribution in [2.24, 2.45) is 0 Å². The third kappa shape index (κ3) is 2.10. The zero-order chi connectivity index (χ0) is 9.97. The van der Waals surface area contributed by atoms with E-state index in [0.29, 0.717) is 5.92 Å². The van der Waals surface area contributed by atoms with Gasteiger partial charge in [0.1, 0.15) is 0 Å². The lowest BCUT2D eigenvalue weighted by Gasteiger charge is -2.29. The van der Waals surface area contributed by atoms with E-state index in [0.717, 1.165) is 31.6 Å². The maximum absolute atomic E-state index is 5.76. The van der Waals surface area contributed by atoms with Gasteiger partial charge in [-0.25, -0.2) is 0 Å². The Bertz CT molecular complexity index is 306. The summed E-state index contributed by atoms with van der Waals surface area (Å²) in [4.78, 5) is 1.89. The molecule has 0 saturated carbocycles. The topological polar surface area (TPSA) is 29.3 Å². The molecule has 2 rings (SSSR count). The molecule has 0 aromatic heterocycles. The van der Waals surface area contributed by atoms with Crippen LogP contribution in [-0.4, -0.2) is 25.9 Å². The predicted octanol–water partition coefficient (Wildman–Crippen LogP) is 1.53. The van der Waals surface area contributed by atoms with E-state index in [4.69, 9.17) is 13.7 Å². The zero-order valence-corrected chi connectivity index (χ0v) is 8.32. The number of anilines is 1. The number of nitrogen functional groups attached to an aromatic ring is 1. The largest absolute Gasteiger partial charge is 0.399 e. The number of benzene rings is 1. The molecule has 2 N–H and O–H groups in total. The first-order valence-corrected chi connectivity index (χ1v) is 5.11. The maximum atomic E-state index is 5.76. The van der Waals surface area contributed by atoms with Gasteiger partial charge in [-0.15, -0.1) is 0 Å². The summed E-state index contributed by atoms with van der Waals surface area (Å²) in [6.07, 6.45) is 2.28. The number of nitrogens with zero attached hydrogens (tertiary/aromatic N) is 1. The van der Waals surface area contributed by atoms with E-state index in [1.54, 1.807) is 0 Å². The number of hydrogen-bond donors (Lipinski definition) is 1. The highest BCUT2D eigenvalue weighted by Gasteiger charge is 2.17. The van der Waals surface area contributed by atoms with Crippen molar-refractivity contribution >= 4 is 13.7 Å². The molecule has 1 saturated heterocycles. The van der Waals surface area contributed by atoms with Crippen LogP contribution in [-0.2, 0) is 0 Å². The van der Waals surface area contributed by atoms with Gasteiger partial charge in [-0.2, -0.15) is 0 Å². The first-order valence-electron chi connectivity index (χ1n) is 5.11. The van der Waals surface area contributed by atoms with E-state index in [2.05, 4.69) is 12.1 Å². The maximum Gasteiger partial charge on any atom is 0.182 e. The smallest absolute Gasteiger partial charge is 0.182 e. The fourth-order valence-corrected chi connectivity index (χ4v) is 2.05. The van der Waals surface area contributed by atoms with Crippen molar-refractivity contribution in [3.63, 3.8) is 0 Å². The second-order valence-corrected chi connectivity index (χ2v) is 3.98. The lowest BCUT2D eigenvalue weighted by molar-refractivity contribution is 0.335. The average Bonchev–Trinajstić information content (AvgIpc) is 2.19. The van der Waals surface area contributed by atoms with Gasteiger partial charge in [-0.05, 0) is 49.5 Å². The van der Waals surface area contributed by atoms with Crippen LogP contribution in [0.4, 0.5) is 5.69 Å². The van der Waals surface area contributed by atoms with Crippen LogP contribution in [0.2, 0.25) is 0 Å². The van der Waals surface area contributed by atoms with E-state index in [1.165, 1.54) is 5.56 Å². The van der Waals surface area contributed by atoms with Crippen LogP contribution in [0, 0.1) is 0 Å². The van der Waals surface area contributed by atoms with Gasteiger partial charge in [0.15, 0.2) is 7.98 Å². The van der Waals surface area contributed by atoms with Gasteiger partial charge in [0.05, 0.1) is 0 Å². The molecule has 3 heteroatoms. The molecule has 0 amide bonds. The standard InChI is InChI=1S/C11H15BN2/c12-14-6-4-9(5-7-14)10-2-1-3-11(13)8-10/h1-3,8-9H,4-7,13H2. The number of rotatable bonds is 1. The first-order chi connectivity index (χ1) is 6.75. The SMILES string of the molecule is [B]N1CCC(c2cccc(N)c2)CC1. The summed E-state index contributed by atoms with van der Waals surface area (Å²) in [5.41, 5.74) is 7.98. The molecule has 0 aliphatic carbocycles. The molecule has 72 valence electrons. The van der Waals surface area contributed by atoms with Gasteiger partial charge in [0.2, 0.25) is 0 Å². The van der Waals surface area contributed by atoms with E-state index in [1.807, 2.05) is 16.9 Å². The molecule has 2 radical (unpaired) electrons. The van der Waals surface area contributed by atoms with Crippen LogP contribution >= 0.6 is 0 Å². The summed E-state index contributed by atoms with van der Waals surface area (Å²) in [6.45, 7) is 1.97. The highest BCUT2D eigenvalue weighted by Crippen LogP contribution is 2.28. The molecule has 1 aliphatic heterocycles. The van der Waals surface area contributed by atoms with Crippen LogP contribution in [0.25, 0.3) is 0 Å². The number of nitrogens with two attached hydrogens (primary N) is 1. The molecule has 1 aromatic carbocycles. The fraction of sp³-hybridized carbons (Fsp3) is 0.455. The molecule has 1 heterocycles. The summed E-state index contributed by atoms with van der Waals surface area (Å²) in [6, 6.07) is 8.20. The van der Waals surface area contributed by atoms with Gasteiger partial charge >= 0.3 is 0 Å². The summed E-state index contributed by atoms with van der Waals surface area (Å²) >= 11 is 0. The molecule has 1 aliphatic rings. The third-order valence-corrected chi connectivity index (χ3v) is 2.91. The Morgan fingerprint density at radius 2 is 2.00 bits per heavy atom. The van der Waals surface area contributed by atoms with Crippen LogP contribution in [0.15, 0.2) is 24.3 Å². The average molecular weight is 186 g/mol. The van der Waals surface area contributed by atoms with Crippen molar-refractivity contribution in [2.45, 2.75) is 18.8 Å². The summed E-state index contributed by atoms with van der Waals surface area (Å²) in [5, 5.41) is 0. The monoisotopic (exact) mass is 186 g/mol. The van der Waals surface area contributed by atoms with Gasteiger partial charge in [-0.3, -0.25) is 0 Å². The predicted molar refractivity (Wildman–Crippen MR) is 60.2 cm³/mol. The zero-order valence-electron chi connectivity index (χ0n) is 8.32. The molecule has 0 bridgehead atoms. The van der Waals surface area contributed by atoms with Gasteiger partial charge in [0.25, 0.3) is 0 Å². The van der Waals surface area contributed by atoms with Crippen LogP contribution in [0.3, 0.4) is 0 Å². The van der Waals surface area contributed by atoms with Gasteiger partial charge in [-0.1, -0.05) is 12.1 Å². The van der Waals surface area contributed by atoms with Crippen LogP contribution in [0.1, 0.15) is 24.3 Å². The van der Waals surface area contributed by atoms with Crippen molar-refractivity contribution in [2.75, 3.05) is 18.8 Å². The molecule has 14 heavy (non-hydrogen) atoms. The van der Waals surface area contributed by atoms with E-state index in [-0.39, 0.29) is 0 Å². The van der Waals surface area contributed by atoms with Crippen molar-refractivity contribution in [1.29, 1.82) is 0 Å². The van der Waals surface area contributed by atoms with Crippen LogP contribution in [0.5, 0.6) is 0 Å². The Labute approximate surface area is 86.5 Å². The Balaban J connectivity index is 2.08. The normalized spacial score (nSPS) is 19.7.